The second-order valence-corrected chi connectivity index (χ2v) is 7.01. The topological polar surface area (TPSA) is 51.9 Å². The molecule has 1 aliphatic carbocycles. The Labute approximate surface area is 138 Å². The van der Waals surface area contributed by atoms with Gasteiger partial charge in [-0.15, -0.1) is 0 Å². The molecule has 2 N–H and O–H groups in total. The maximum Gasteiger partial charge on any atom is 0.256 e. The number of aromatic nitrogens is 2. The highest BCUT2D eigenvalue weighted by Crippen LogP contribution is 2.47. The molecule has 0 amide bonds. The molecule has 22 heavy (non-hydrogen) atoms. The number of benzene rings is 1. The third-order valence-electron chi connectivity index (χ3n) is 5.13. The Hall–Kier alpha value is -1.43. The van der Waals surface area contributed by atoms with E-state index in [0.717, 1.165) is 35.5 Å². The second kappa shape index (κ2) is 4.78. The normalized spacial score (nSPS) is 23.5. The molecule has 0 saturated carbocycles. The lowest BCUT2D eigenvalue weighted by atomic mass is 9.81. The average molecular weight is 334 g/mol. The molecular weight excluding hydrogens is 318 g/mol. The van der Waals surface area contributed by atoms with Gasteiger partial charge in [-0.25, -0.2) is 0 Å². The zero-order valence-corrected chi connectivity index (χ0v) is 13.8. The average Bonchev–Trinajstić information content (AvgIpc) is 2.83. The van der Waals surface area contributed by atoms with Crippen LogP contribution in [-0.2, 0) is 24.9 Å². The van der Waals surface area contributed by atoms with Gasteiger partial charge in [0, 0.05) is 23.7 Å². The van der Waals surface area contributed by atoms with E-state index in [1.54, 1.807) is 0 Å². The molecule has 1 aromatic carbocycles. The highest BCUT2D eigenvalue weighted by atomic mass is 35.5. The minimum atomic E-state index is -0.0979. The SMILES string of the molecule is CN1Cc2c([nH]c(=S)[nH]c2=O)C[C@]12CCc1c(Cl)cccc12. The Morgan fingerprint density at radius 2 is 2.14 bits per heavy atom. The summed E-state index contributed by atoms with van der Waals surface area (Å²) < 4.78 is 0.396. The molecule has 2 aliphatic rings. The predicted molar refractivity (Wildman–Crippen MR) is 88.9 cm³/mol. The van der Waals surface area contributed by atoms with Crippen molar-refractivity contribution in [3.8, 4) is 0 Å². The van der Waals surface area contributed by atoms with Crippen molar-refractivity contribution in [2.24, 2.45) is 0 Å². The summed E-state index contributed by atoms with van der Waals surface area (Å²) in [5.41, 5.74) is 4.09. The van der Waals surface area contributed by atoms with Gasteiger partial charge in [0.15, 0.2) is 4.77 Å². The van der Waals surface area contributed by atoms with E-state index in [1.165, 1.54) is 11.1 Å². The summed E-state index contributed by atoms with van der Waals surface area (Å²) in [6.07, 6.45) is 2.74. The molecule has 2 aromatic rings. The highest BCUT2D eigenvalue weighted by Gasteiger charge is 2.46. The summed E-state index contributed by atoms with van der Waals surface area (Å²) in [4.78, 5) is 20.3. The van der Waals surface area contributed by atoms with E-state index < -0.39 is 0 Å². The number of nitrogens with zero attached hydrogens (tertiary/aromatic N) is 1. The second-order valence-electron chi connectivity index (χ2n) is 6.20. The Morgan fingerprint density at radius 3 is 2.95 bits per heavy atom. The molecule has 4 nitrogen and oxygen atoms in total. The molecule has 0 unspecified atom stereocenters. The van der Waals surface area contributed by atoms with Crippen LogP contribution >= 0.6 is 23.8 Å². The van der Waals surface area contributed by atoms with Gasteiger partial charge in [-0.05, 0) is 49.3 Å². The van der Waals surface area contributed by atoms with Crippen LogP contribution in [0, 0.1) is 4.77 Å². The largest absolute Gasteiger partial charge is 0.335 e. The first-order valence-corrected chi connectivity index (χ1v) is 8.13. The van der Waals surface area contributed by atoms with Crippen molar-refractivity contribution in [3.63, 3.8) is 0 Å². The van der Waals surface area contributed by atoms with Crippen molar-refractivity contribution in [1.82, 2.24) is 14.9 Å². The molecule has 2 heterocycles. The molecule has 1 atom stereocenters. The van der Waals surface area contributed by atoms with Gasteiger partial charge >= 0.3 is 0 Å². The molecule has 0 radical (unpaired) electrons. The summed E-state index contributed by atoms with van der Waals surface area (Å²) in [7, 11) is 2.08. The van der Waals surface area contributed by atoms with Crippen LogP contribution in [0.3, 0.4) is 0 Å². The van der Waals surface area contributed by atoms with Gasteiger partial charge in [0.25, 0.3) is 5.56 Å². The van der Waals surface area contributed by atoms with Gasteiger partial charge in [-0.3, -0.25) is 14.7 Å². The fraction of sp³-hybridized carbons (Fsp3) is 0.375. The van der Waals surface area contributed by atoms with Crippen molar-refractivity contribution < 1.29 is 0 Å². The molecule has 1 spiro atoms. The van der Waals surface area contributed by atoms with E-state index in [2.05, 4.69) is 28.0 Å². The fourth-order valence-electron chi connectivity index (χ4n) is 3.99. The lowest BCUT2D eigenvalue weighted by Gasteiger charge is -2.43. The van der Waals surface area contributed by atoms with Crippen molar-refractivity contribution in [3.05, 3.63) is 60.7 Å². The Bertz CT molecular complexity index is 888. The number of fused-ring (bicyclic) bond motifs is 3. The zero-order valence-electron chi connectivity index (χ0n) is 12.2. The van der Waals surface area contributed by atoms with Gasteiger partial charge < -0.3 is 4.98 Å². The van der Waals surface area contributed by atoms with Crippen molar-refractivity contribution in [2.45, 2.75) is 31.3 Å². The monoisotopic (exact) mass is 333 g/mol. The van der Waals surface area contributed by atoms with Crippen molar-refractivity contribution in [2.75, 3.05) is 7.05 Å². The maximum atomic E-state index is 12.1. The van der Waals surface area contributed by atoms with Crippen LogP contribution in [0.5, 0.6) is 0 Å². The van der Waals surface area contributed by atoms with E-state index in [0.29, 0.717) is 11.3 Å². The van der Waals surface area contributed by atoms with Crippen LogP contribution in [0.1, 0.15) is 28.8 Å². The molecule has 114 valence electrons. The smallest absolute Gasteiger partial charge is 0.256 e. The van der Waals surface area contributed by atoms with E-state index in [1.807, 2.05) is 12.1 Å². The lowest BCUT2D eigenvalue weighted by molar-refractivity contribution is 0.0922. The number of nitrogens with one attached hydrogen (secondary N) is 2. The minimum Gasteiger partial charge on any atom is -0.335 e. The van der Waals surface area contributed by atoms with Crippen LogP contribution in [0.2, 0.25) is 5.02 Å². The first kappa shape index (κ1) is 14.2. The summed E-state index contributed by atoms with van der Waals surface area (Å²) in [5.74, 6) is 0. The van der Waals surface area contributed by atoms with Gasteiger partial charge in [-0.1, -0.05) is 23.7 Å². The number of halogens is 1. The molecule has 0 bridgehead atoms. The standard InChI is InChI=1S/C16H16ClN3OS/c1-20-8-10-13(18-15(22)19-14(10)21)7-16(20)6-5-9-11(16)3-2-4-12(9)17/h2-4H,5-8H2,1H3,(H2,18,19,21,22)/t16-/m0/s1. The molecule has 0 fully saturated rings. The molecule has 1 aliphatic heterocycles. The van der Waals surface area contributed by atoms with Crippen LogP contribution in [0.4, 0.5) is 0 Å². The maximum absolute atomic E-state index is 12.1. The third kappa shape index (κ3) is 1.86. The van der Waals surface area contributed by atoms with E-state index in [-0.39, 0.29) is 11.1 Å². The number of likely N-dealkylation sites (N-methyl/N-ethyl adjacent to an activating group) is 1. The number of rotatable bonds is 0. The van der Waals surface area contributed by atoms with Gasteiger partial charge in [0.1, 0.15) is 0 Å². The number of hydrogen-bond acceptors (Lipinski definition) is 3. The van der Waals surface area contributed by atoms with Crippen LogP contribution in [0.15, 0.2) is 23.0 Å². The highest BCUT2D eigenvalue weighted by molar-refractivity contribution is 7.71. The lowest BCUT2D eigenvalue weighted by Crippen LogP contribution is -2.48. The summed E-state index contributed by atoms with van der Waals surface area (Å²) in [5, 5.41) is 0.840. The first-order chi connectivity index (χ1) is 10.5. The van der Waals surface area contributed by atoms with Crippen LogP contribution in [0.25, 0.3) is 0 Å². The van der Waals surface area contributed by atoms with Crippen molar-refractivity contribution in [1.29, 1.82) is 0 Å². The van der Waals surface area contributed by atoms with Crippen LogP contribution in [-0.4, -0.2) is 21.9 Å². The summed E-state index contributed by atoms with van der Waals surface area (Å²) in [6, 6.07) is 6.13. The summed E-state index contributed by atoms with van der Waals surface area (Å²) in [6.45, 7) is 0.614. The van der Waals surface area contributed by atoms with Crippen molar-refractivity contribution >= 4 is 23.8 Å². The van der Waals surface area contributed by atoms with Gasteiger partial charge in [0.05, 0.1) is 11.1 Å². The molecule has 4 rings (SSSR count). The third-order valence-corrected chi connectivity index (χ3v) is 5.69. The number of H-pyrrole nitrogens is 2. The molecule has 1 aromatic heterocycles. The first-order valence-electron chi connectivity index (χ1n) is 7.35. The fourth-order valence-corrected chi connectivity index (χ4v) is 4.47. The van der Waals surface area contributed by atoms with E-state index in [9.17, 15) is 4.79 Å². The predicted octanol–water partition coefficient (Wildman–Crippen LogP) is 2.92. The zero-order chi connectivity index (χ0) is 15.5. The van der Waals surface area contributed by atoms with E-state index >= 15 is 0 Å². The quantitative estimate of drug-likeness (QED) is 0.729. The van der Waals surface area contributed by atoms with Crippen LogP contribution < -0.4 is 5.56 Å². The Balaban J connectivity index is 1.91. The van der Waals surface area contributed by atoms with Gasteiger partial charge in [-0.2, -0.15) is 0 Å². The Kier molecular flexibility index (Phi) is 3.08. The molecular formula is C16H16ClN3OS. The molecule has 0 saturated heterocycles. The molecule has 6 heteroatoms. The number of aromatic amines is 2. The minimum absolute atomic E-state index is 0.0789. The Morgan fingerprint density at radius 1 is 1.32 bits per heavy atom. The van der Waals surface area contributed by atoms with E-state index in [4.69, 9.17) is 23.8 Å². The van der Waals surface area contributed by atoms with Gasteiger partial charge in [0.2, 0.25) is 0 Å². The summed E-state index contributed by atoms with van der Waals surface area (Å²) >= 11 is 11.5. The number of hydrogen-bond donors (Lipinski definition) is 2.